The summed E-state index contributed by atoms with van der Waals surface area (Å²) in [6.07, 6.45) is 1.25. The zero-order valence-corrected chi connectivity index (χ0v) is 11.8. The Labute approximate surface area is 122 Å². The molecule has 0 radical (unpaired) electrons. The van der Waals surface area contributed by atoms with Crippen LogP contribution in [0.2, 0.25) is 0 Å². The maximum Gasteiger partial charge on any atom is 0.269 e. The second-order valence-corrected chi connectivity index (χ2v) is 5.31. The first-order valence-corrected chi connectivity index (χ1v) is 6.75. The van der Waals surface area contributed by atoms with Gasteiger partial charge in [0.2, 0.25) is 0 Å². The molecular formula is C14H18N2O5. The maximum atomic E-state index is 11.9. The van der Waals surface area contributed by atoms with Crippen molar-refractivity contribution >= 4 is 11.6 Å². The summed E-state index contributed by atoms with van der Waals surface area (Å²) < 4.78 is 5.31. The third-order valence-electron chi connectivity index (χ3n) is 3.58. The van der Waals surface area contributed by atoms with Gasteiger partial charge in [-0.2, -0.15) is 0 Å². The molecule has 0 atom stereocenters. The standard InChI is InChI=1S/C14H18N2O5/c1-15(8-10-6-12(17)7-10)14(18)9-21-13-4-2-11(3-5-13)16(19)20/h2-5,10,12,17H,6-9H2,1H3. The Morgan fingerprint density at radius 2 is 2.05 bits per heavy atom. The molecule has 21 heavy (non-hydrogen) atoms. The minimum absolute atomic E-state index is 0.0191. The number of rotatable bonds is 6. The zero-order valence-electron chi connectivity index (χ0n) is 11.8. The summed E-state index contributed by atoms with van der Waals surface area (Å²) in [6, 6.07) is 5.60. The molecule has 1 amide bonds. The summed E-state index contributed by atoms with van der Waals surface area (Å²) in [7, 11) is 1.70. The first kappa shape index (κ1) is 15.2. The van der Waals surface area contributed by atoms with Gasteiger partial charge in [-0.1, -0.05) is 0 Å². The number of carbonyl (C=O) groups is 1. The lowest BCUT2D eigenvalue weighted by molar-refractivity contribution is -0.384. The van der Waals surface area contributed by atoms with Crippen LogP contribution in [0, 0.1) is 16.0 Å². The van der Waals surface area contributed by atoms with E-state index in [0.29, 0.717) is 18.2 Å². The van der Waals surface area contributed by atoms with E-state index in [1.165, 1.54) is 24.3 Å². The first-order valence-electron chi connectivity index (χ1n) is 6.75. The van der Waals surface area contributed by atoms with E-state index in [0.717, 1.165) is 12.8 Å². The molecule has 1 saturated carbocycles. The van der Waals surface area contributed by atoms with Crippen molar-refractivity contribution in [1.82, 2.24) is 4.90 Å². The van der Waals surface area contributed by atoms with Gasteiger partial charge in [0.1, 0.15) is 5.75 Å². The van der Waals surface area contributed by atoms with Gasteiger partial charge in [-0.15, -0.1) is 0 Å². The molecule has 1 aromatic carbocycles. The normalized spacial score (nSPS) is 20.5. The molecule has 1 aromatic rings. The van der Waals surface area contributed by atoms with Crippen molar-refractivity contribution in [3.63, 3.8) is 0 Å². The number of ether oxygens (including phenoxy) is 1. The van der Waals surface area contributed by atoms with Crippen LogP contribution in [0.4, 0.5) is 5.69 Å². The van der Waals surface area contributed by atoms with Gasteiger partial charge in [-0.05, 0) is 30.9 Å². The van der Waals surface area contributed by atoms with Crippen LogP contribution in [0.25, 0.3) is 0 Å². The molecule has 0 spiro atoms. The van der Waals surface area contributed by atoms with Crippen LogP contribution in [0.15, 0.2) is 24.3 Å². The number of benzene rings is 1. The van der Waals surface area contributed by atoms with Gasteiger partial charge < -0.3 is 14.7 Å². The molecule has 0 aromatic heterocycles. The summed E-state index contributed by atoms with van der Waals surface area (Å²) in [5.41, 5.74) is -0.0191. The van der Waals surface area contributed by atoms with Crippen LogP contribution in [0.1, 0.15) is 12.8 Å². The lowest BCUT2D eigenvalue weighted by atomic mass is 9.82. The Balaban J connectivity index is 1.76. The van der Waals surface area contributed by atoms with Crippen LogP contribution in [0.5, 0.6) is 5.75 Å². The molecule has 7 nitrogen and oxygen atoms in total. The number of nitro benzene ring substituents is 1. The van der Waals surface area contributed by atoms with E-state index in [4.69, 9.17) is 4.74 Å². The van der Waals surface area contributed by atoms with Gasteiger partial charge in [0, 0.05) is 25.7 Å². The molecule has 114 valence electrons. The summed E-state index contributed by atoms with van der Waals surface area (Å²) >= 11 is 0. The van der Waals surface area contributed by atoms with E-state index in [9.17, 15) is 20.0 Å². The van der Waals surface area contributed by atoms with Gasteiger partial charge in [-0.25, -0.2) is 0 Å². The Morgan fingerprint density at radius 3 is 2.57 bits per heavy atom. The van der Waals surface area contributed by atoms with Crippen molar-refractivity contribution in [2.45, 2.75) is 18.9 Å². The van der Waals surface area contributed by atoms with Crippen molar-refractivity contribution in [3.05, 3.63) is 34.4 Å². The number of amides is 1. The highest BCUT2D eigenvalue weighted by molar-refractivity contribution is 5.77. The van der Waals surface area contributed by atoms with E-state index >= 15 is 0 Å². The topological polar surface area (TPSA) is 92.9 Å². The molecule has 1 aliphatic rings. The van der Waals surface area contributed by atoms with E-state index in [-0.39, 0.29) is 24.3 Å². The summed E-state index contributed by atoms with van der Waals surface area (Å²) in [6.45, 7) is 0.503. The molecule has 0 heterocycles. The van der Waals surface area contributed by atoms with Crippen molar-refractivity contribution in [2.75, 3.05) is 20.2 Å². The van der Waals surface area contributed by atoms with E-state index in [2.05, 4.69) is 0 Å². The molecule has 1 aliphatic carbocycles. The molecule has 7 heteroatoms. The number of hydrogen-bond acceptors (Lipinski definition) is 5. The first-order chi connectivity index (χ1) is 9.95. The molecule has 1 N–H and O–H groups in total. The quantitative estimate of drug-likeness (QED) is 0.628. The molecule has 0 saturated heterocycles. The van der Waals surface area contributed by atoms with Crippen LogP contribution >= 0.6 is 0 Å². The Morgan fingerprint density at radius 1 is 1.43 bits per heavy atom. The largest absolute Gasteiger partial charge is 0.484 e. The van der Waals surface area contributed by atoms with Crippen molar-refractivity contribution in [2.24, 2.45) is 5.92 Å². The van der Waals surface area contributed by atoms with Gasteiger partial charge >= 0.3 is 0 Å². The number of hydrogen-bond donors (Lipinski definition) is 1. The summed E-state index contributed by atoms with van der Waals surface area (Å²) in [5.74, 6) is 0.615. The van der Waals surface area contributed by atoms with Crippen molar-refractivity contribution in [3.8, 4) is 5.75 Å². The fourth-order valence-corrected chi connectivity index (χ4v) is 2.26. The lowest BCUT2D eigenvalue weighted by Gasteiger charge is -2.34. The highest BCUT2D eigenvalue weighted by atomic mass is 16.6. The summed E-state index contributed by atoms with van der Waals surface area (Å²) in [5, 5.41) is 19.7. The number of non-ortho nitro benzene ring substituents is 1. The number of likely N-dealkylation sites (N-methyl/N-ethyl adjacent to an activating group) is 1. The smallest absolute Gasteiger partial charge is 0.269 e. The van der Waals surface area contributed by atoms with Gasteiger partial charge in [-0.3, -0.25) is 14.9 Å². The van der Waals surface area contributed by atoms with Crippen molar-refractivity contribution in [1.29, 1.82) is 0 Å². The maximum absolute atomic E-state index is 11.9. The fraction of sp³-hybridized carbons (Fsp3) is 0.500. The van der Waals surface area contributed by atoms with E-state index in [1.807, 2.05) is 0 Å². The predicted octanol–water partition coefficient (Wildman–Crippen LogP) is 1.20. The minimum Gasteiger partial charge on any atom is -0.484 e. The molecular weight excluding hydrogens is 276 g/mol. The predicted molar refractivity (Wildman–Crippen MR) is 75.0 cm³/mol. The number of aliphatic hydroxyl groups excluding tert-OH is 1. The number of aliphatic hydroxyl groups is 1. The number of nitrogens with zero attached hydrogens (tertiary/aromatic N) is 2. The zero-order chi connectivity index (χ0) is 15.4. The lowest BCUT2D eigenvalue weighted by Crippen LogP contribution is -2.41. The van der Waals surface area contributed by atoms with Crippen molar-refractivity contribution < 1.29 is 19.6 Å². The minimum atomic E-state index is -0.490. The Bertz CT molecular complexity index is 511. The van der Waals surface area contributed by atoms with Gasteiger partial charge in [0.25, 0.3) is 11.6 Å². The SMILES string of the molecule is CN(CC1CC(O)C1)C(=O)COc1ccc([N+](=O)[O-])cc1. The number of carbonyl (C=O) groups excluding carboxylic acids is 1. The third-order valence-corrected chi connectivity index (χ3v) is 3.58. The van der Waals surface area contributed by atoms with E-state index < -0.39 is 4.92 Å². The van der Waals surface area contributed by atoms with Crippen LogP contribution in [0.3, 0.4) is 0 Å². The van der Waals surface area contributed by atoms with Crippen LogP contribution < -0.4 is 4.74 Å². The highest BCUT2D eigenvalue weighted by Crippen LogP contribution is 2.27. The average Bonchev–Trinajstić information content (AvgIpc) is 2.43. The van der Waals surface area contributed by atoms with Gasteiger partial charge in [0.15, 0.2) is 6.61 Å². The summed E-state index contributed by atoms with van der Waals surface area (Å²) in [4.78, 5) is 23.5. The average molecular weight is 294 g/mol. The Kier molecular flexibility index (Phi) is 4.74. The second-order valence-electron chi connectivity index (χ2n) is 5.31. The third kappa shape index (κ3) is 4.16. The van der Waals surface area contributed by atoms with Crippen LogP contribution in [-0.2, 0) is 4.79 Å². The molecule has 0 unspecified atom stereocenters. The highest BCUT2D eigenvalue weighted by Gasteiger charge is 2.29. The van der Waals surface area contributed by atoms with Gasteiger partial charge in [0.05, 0.1) is 11.0 Å². The molecule has 2 rings (SSSR count). The second kappa shape index (κ2) is 6.53. The Hall–Kier alpha value is -2.15. The fourth-order valence-electron chi connectivity index (χ4n) is 2.26. The number of nitro groups is 1. The van der Waals surface area contributed by atoms with E-state index in [1.54, 1.807) is 11.9 Å². The molecule has 0 aliphatic heterocycles. The molecule has 0 bridgehead atoms. The van der Waals surface area contributed by atoms with Crippen LogP contribution in [-0.4, -0.2) is 47.1 Å². The monoisotopic (exact) mass is 294 g/mol. The molecule has 1 fully saturated rings.